The fourth-order valence-electron chi connectivity index (χ4n) is 4.28. The van der Waals surface area contributed by atoms with Crippen molar-refractivity contribution in [3.8, 4) is 22.8 Å². The van der Waals surface area contributed by atoms with E-state index in [9.17, 15) is 4.79 Å². The molecule has 3 aromatic rings. The second-order valence-electron chi connectivity index (χ2n) is 8.41. The van der Waals surface area contributed by atoms with Crippen LogP contribution in [0.25, 0.3) is 11.3 Å². The zero-order valence-electron chi connectivity index (χ0n) is 20.6. The summed E-state index contributed by atoms with van der Waals surface area (Å²) in [6, 6.07) is 15.1. The monoisotopic (exact) mass is 472 g/mol. The minimum Gasteiger partial charge on any atom is -0.457 e. The van der Waals surface area contributed by atoms with Crippen LogP contribution in [-0.2, 0) is 6.54 Å². The number of fused-ring (bicyclic) bond motifs is 1. The standard InChI is InChI=1S/C25H26N6O2.C2H6/c1-14(26)20-6-4-18(8-23(20)28-2)33-19-9-22(30-24(27)10-19)15-3-5-21-16(7-15)13-31(25(21)32)17-11-29-12-17;1-2/h3-10,17,26,28-29H,11-13H2,1-2H3,(H2,27,30);1-2H3. The van der Waals surface area contributed by atoms with Gasteiger partial charge in [-0.25, -0.2) is 4.98 Å². The van der Waals surface area contributed by atoms with Gasteiger partial charge in [-0.1, -0.05) is 19.9 Å². The molecule has 5 rings (SSSR count). The molecule has 0 unspecified atom stereocenters. The van der Waals surface area contributed by atoms with E-state index in [0.717, 1.165) is 41.0 Å². The number of carbonyl (C=O) groups excluding carboxylic acids is 1. The first kappa shape index (κ1) is 24.2. The third kappa shape index (κ3) is 4.83. The maximum Gasteiger partial charge on any atom is 0.254 e. The predicted octanol–water partition coefficient (Wildman–Crippen LogP) is 4.51. The molecule has 0 saturated carbocycles. The van der Waals surface area contributed by atoms with Crippen LogP contribution < -0.4 is 21.1 Å². The smallest absolute Gasteiger partial charge is 0.254 e. The van der Waals surface area contributed by atoms with E-state index < -0.39 is 0 Å². The van der Waals surface area contributed by atoms with Gasteiger partial charge in [-0.05, 0) is 36.8 Å². The lowest BCUT2D eigenvalue weighted by Crippen LogP contribution is -2.57. The first-order chi connectivity index (χ1) is 16.9. The molecule has 8 nitrogen and oxygen atoms in total. The largest absolute Gasteiger partial charge is 0.457 e. The number of hydrogen-bond donors (Lipinski definition) is 4. The molecule has 5 N–H and O–H groups in total. The lowest BCUT2D eigenvalue weighted by molar-refractivity contribution is 0.0642. The van der Waals surface area contributed by atoms with E-state index in [1.54, 1.807) is 13.0 Å². The summed E-state index contributed by atoms with van der Waals surface area (Å²) in [5, 5.41) is 14.2. The molecule has 2 aliphatic rings. The highest BCUT2D eigenvalue weighted by atomic mass is 16.5. The van der Waals surface area contributed by atoms with Crippen molar-refractivity contribution >= 4 is 23.1 Å². The number of hydrogen-bond acceptors (Lipinski definition) is 7. The van der Waals surface area contributed by atoms with Gasteiger partial charge in [-0.2, -0.15) is 0 Å². The first-order valence-electron chi connectivity index (χ1n) is 11.9. The maximum atomic E-state index is 12.7. The Morgan fingerprint density at radius 1 is 1.14 bits per heavy atom. The number of nitrogens with one attached hydrogen (secondary N) is 3. The molecule has 2 aromatic carbocycles. The molecule has 0 atom stereocenters. The molecule has 35 heavy (non-hydrogen) atoms. The van der Waals surface area contributed by atoms with Crippen LogP contribution in [-0.4, -0.2) is 47.7 Å². The van der Waals surface area contributed by atoms with Crippen molar-refractivity contribution in [3.63, 3.8) is 0 Å². The van der Waals surface area contributed by atoms with E-state index in [1.165, 1.54) is 0 Å². The Kier molecular flexibility index (Phi) is 7.02. The van der Waals surface area contributed by atoms with E-state index in [1.807, 2.05) is 68.3 Å². The Hall–Kier alpha value is -3.91. The minimum absolute atomic E-state index is 0.0940. The summed E-state index contributed by atoms with van der Waals surface area (Å²) in [6.07, 6.45) is 0. The Morgan fingerprint density at radius 3 is 2.57 bits per heavy atom. The van der Waals surface area contributed by atoms with Crippen LogP contribution in [0.1, 0.15) is 42.3 Å². The summed E-state index contributed by atoms with van der Waals surface area (Å²) in [4.78, 5) is 19.2. The molecule has 182 valence electrons. The fraction of sp³-hybridized carbons (Fsp3) is 0.296. The van der Waals surface area contributed by atoms with Crippen molar-refractivity contribution in [1.29, 1.82) is 5.41 Å². The predicted molar refractivity (Wildman–Crippen MR) is 141 cm³/mol. The topological polar surface area (TPSA) is 116 Å². The quantitative estimate of drug-likeness (QED) is 0.392. The highest BCUT2D eigenvalue weighted by molar-refractivity contribution is 6.01. The average molecular weight is 473 g/mol. The van der Waals surface area contributed by atoms with E-state index in [2.05, 4.69) is 15.6 Å². The SMILES string of the molecule is CC.CNc1cc(Oc2cc(N)nc(-c3ccc4c(c3)CN(C3CNC3)C4=O)c2)ccc1C(C)=N. The lowest BCUT2D eigenvalue weighted by atomic mass is 10.0. The number of amides is 1. The maximum absolute atomic E-state index is 12.7. The molecule has 3 heterocycles. The summed E-state index contributed by atoms with van der Waals surface area (Å²) < 4.78 is 6.08. The van der Waals surface area contributed by atoms with Crippen molar-refractivity contribution in [3.05, 3.63) is 65.2 Å². The summed E-state index contributed by atoms with van der Waals surface area (Å²) in [5.74, 6) is 1.64. The number of ether oxygens (including phenoxy) is 1. The fourth-order valence-corrected chi connectivity index (χ4v) is 4.28. The zero-order valence-corrected chi connectivity index (χ0v) is 20.6. The van der Waals surface area contributed by atoms with E-state index in [-0.39, 0.29) is 11.9 Å². The van der Waals surface area contributed by atoms with Gasteiger partial charge in [-0.15, -0.1) is 0 Å². The molecule has 1 amide bonds. The first-order valence-corrected chi connectivity index (χ1v) is 11.9. The Balaban J connectivity index is 0.00000141. The van der Waals surface area contributed by atoms with Gasteiger partial charge >= 0.3 is 0 Å². The number of nitrogens with zero attached hydrogens (tertiary/aromatic N) is 2. The summed E-state index contributed by atoms with van der Waals surface area (Å²) >= 11 is 0. The summed E-state index contributed by atoms with van der Waals surface area (Å²) in [5.41, 5.74) is 11.5. The van der Waals surface area contributed by atoms with Crippen LogP contribution in [0, 0.1) is 5.41 Å². The van der Waals surface area contributed by atoms with Crippen molar-refractivity contribution < 1.29 is 9.53 Å². The molecule has 8 heteroatoms. The van der Waals surface area contributed by atoms with Crippen molar-refractivity contribution in [2.45, 2.75) is 33.4 Å². The van der Waals surface area contributed by atoms with Crippen LogP contribution in [0.15, 0.2) is 48.5 Å². The number of carbonyl (C=O) groups is 1. The third-order valence-electron chi connectivity index (χ3n) is 6.15. The molecule has 2 aliphatic heterocycles. The molecule has 0 aliphatic carbocycles. The van der Waals surface area contributed by atoms with Gasteiger partial charge in [0.05, 0.1) is 11.7 Å². The number of aromatic nitrogens is 1. The highest BCUT2D eigenvalue weighted by Crippen LogP contribution is 2.33. The van der Waals surface area contributed by atoms with Gasteiger partial charge in [0.2, 0.25) is 0 Å². The minimum atomic E-state index is 0.0940. The van der Waals surface area contributed by atoms with Crippen LogP contribution >= 0.6 is 0 Å². The molecule has 0 bridgehead atoms. The third-order valence-corrected chi connectivity index (χ3v) is 6.15. The zero-order chi connectivity index (χ0) is 25.1. The van der Waals surface area contributed by atoms with Crippen molar-refractivity contribution in [2.24, 2.45) is 0 Å². The van der Waals surface area contributed by atoms with Crippen LogP contribution in [0.2, 0.25) is 0 Å². The second-order valence-corrected chi connectivity index (χ2v) is 8.41. The van der Waals surface area contributed by atoms with E-state index in [4.69, 9.17) is 15.9 Å². The summed E-state index contributed by atoms with van der Waals surface area (Å²) in [7, 11) is 1.81. The Morgan fingerprint density at radius 2 is 1.91 bits per heavy atom. The normalized spacial score (nSPS) is 14.5. The molecule has 0 spiro atoms. The number of nitrogen functional groups attached to an aromatic ring is 1. The molecule has 1 saturated heterocycles. The van der Waals surface area contributed by atoms with Crippen LogP contribution in [0.3, 0.4) is 0 Å². The number of anilines is 2. The molecule has 1 aromatic heterocycles. The van der Waals surface area contributed by atoms with E-state index >= 15 is 0 Å². The van der Waals surface area contributed by atoms with Crippen LogP contribution in [0.4, 0.5) is 11.5 Å². The van der Waals surface area contributed by atoms with Gasteiger partial charge in [0.15, 0.2) is 0 Å². The van der Waals surface area contributed by atoms with Crippen molar-refractivity contribution in [1.82, 2.24) is 15.2 Å². The molecular weight excluding hydrogens is 440 g/mol. The van der Waals surface area contributed by atoms with Crippen molar-refractivity contribution in [2.75, 3.05) is 31.2 Å². The molecule has 1 fully saturated rings. The Labute approximate surface area is 206 Å². The van der Waals surface area contributed by atoms with Gasteiger partial charge in [0.25, 0.3) is 5.91 Å². The second kappa shape index (κ2) is 10.1. The average Bonchev–Trinajstić information content (AvgIpc) is 3.13. The Bertz CT molecular complexity index is 1270. The lowest BCUT2D eigenvalue weighted by Gasteiger charge is -2.35. The number of nitrogens with two attached hydrogens (primary N) is 1. The highest BCUT2D eigenvalue weighted by Gasteiger charge is 2.35. The number of rotatable bonds is 6. The number of pyridine rings is 1. The number of benzene rings is 2. The molecule has 0 radical (unpaired) electrons. The van der Waals surface area contributed by atoms with Gasteiger partial charge < -0.3 is 31.4 Å². The van der Waals surface area contributed by atoms with Gasteiger partial charge in [-0.3, -0.25) is 4.79 Å². The van der Waals surface area contributed by atoms with Crippen LogP contribution in [0.5, 0.6) is 11.5 Å². The van der Waals surface area contributed by atoms with E-state index in [0.29, 0.717) is 35.3 Å². The summed E-state index contributed by atoms with van der Waals surface area (Å²) in [6.45, 7) is 8.06. The van der Waals surface area contributed by atoms with Gasteiger partial charge in [0, 0.05) is 73.0 Å². The van der Waals surface area contributed by atoms with Gasteiger partial charge in [0.1, 0.15) is 17.3 Å². The molecular formula is C27H32N6O2.